The minimum atomic E-state index is -0.472. The molecule has 3 aromatic rings. The third-order valence-corrected chi connectivity index (χ3v) is 5.22. The molecule has 0 spiro atoms. The Morgan fingerprint density at radius 1 is 1.21 bits per heavy atom. The third kappa shape index (κ3) is 3.76. The van der Waals surface area contributed by atoms with E-state index in [0.717, 1.165) is 6.42 Å². The van der Waals surface area contributed by atoms with E-state index < -0.39 is 11.2 Å². The molecular weight excluding hydrogens is 370 g/mol. The highest BCUT2D eigenvalue weighted by Crippen LogP contribution is 2.17. The van der Waals surface area contributed by atoms with E-state index in [1.807, 2.05) is 19.1 Å². The van der Waals surface area contributed by atoms with Crippen LogP contribution in [0.25, 0.3) is 16.9 Å². The lowest BCUT2D eigenvalue weighted by Gasteiger charge is -2.11. The number of hydrogen-bond donors (Lipinski definition) is 0. The summed E-state index contributed by atoms with van der Waals surface area (Å²) in [6.07, 6.45) is 2.05. The zero-order valence-corrected chi connectivity index (χ0v) is 16.8. The first-order valence-electron chi connectivity index (χ1n) is 9.55. The molecule has 0 fully saturated rings. The normalized spacial score (nSPS) is 12.1. The summed E-state index contributed by atoms with van der Waals surface area (Å²) in [6, 6.07) is 11.0. The predicted octanol–water partition coefficient (Wildman–Crippen LogP) is 2.15. The van der Waals surface area contributed by atoms with Crippen molar-refractivity contribution in [1.82, 2.24) is 18.7 Å². The highest BCUT2D eigenvalue weighted by Gasteiger charge is 2.21. The SMILES string of the molecule is CC(=O)[C@H](C)CCCCn1c(=O)c2c(nc(C#N)n2-c2ccccc2)n(C)c1=O. The van der Waals surface area contributed by atoms with E-state index in [2.05, 4.69) is 4.98 Å². The molecule has 1 atom stereocenters. The summed E-state index contributed by atoms with van der Waals surface area (Å²) < 4.78 is 3.98. The predicted molar refractivity (Wildman–Crippen MR) is 109 cm³/mol. The molecule has 0 N–H and O–H groups in total. The Kier molecular flexibility index (Phi) is 5.78. The maximum absolute atomic E-state index is 13.2. The molecule has 0 aliphatic rings. The van der Waals surface area contributed by atoms with Gasteiger partial charge in [0.2, 0.25) is 5.82 Å². The minimum Gasteiger partial charge on any atom is -0.300 e. The molecule has 0 amide bonds. The number of aromatic nitrogens is 4. The van der Waals surface area contributed by atoms with Crippen LogP contribution < -0.4 is 11.2 Å². The second kappa shape index (κ2) is 8.27. The van der Waals surface area contributed by atoms with Crippen molar-refractivity contribution in [3.63, 3.8) is 0 Å². The zero-order chi connectivity index (χ0) is 21.1. The van der Waals surface area contributed by atoms with Gasteiger partial charge in [0.15, 0.2) is 11.2 Å². The van der Waals surface area contributed by atoms with Gasteiger partial charge in [-0.1, -0.05) is 31.5 Å². The Bertz CT molecular complexity index is 1210. The van der Waals surface area contributed by atoms with Gasteiger partial charge in [-0.2, -0.15) is 10.2 Å². The van der Waals surface area contributed by atoms with Crippen molar-refractivity contribution in [3.05, 3.63) is 57.0 Å². The number of nitrogens with zero attached hydrogens (tertiary/aromatic N) is 5. The molecule has 0 bridgehead atoms. The van der Waals surface area contributed by atoms with Crippen LogP contribution in [0.1, 0.15) is 38.9 Å². The molecule has 0 unspecified atom stereocenters. The summed E-state index contributed by atoms with van der Waals surface area (Å²) in [4.78, 5) is 41.5. The summed E-state index contributed by atoms with van der Waals surface area (Å²) in [6.45, 7) is 3.69. The smallest absolute Gasteiger partial charge is 0.300 e. The monoisotopic (exact) mass is 393 g/mol. The van der Waals surface area contributed by atoms with Crippen molar-refractivity contribution in [1.29, 1.82) is 5.26 Å². The molecule has 1 aromatic carbocycles. The lowest BCUT2D eigenvalue weighted by molar-refractivity contribution is -0.120. The van der Waals surface area contributed by atoms with Gasteiger partial charge in [0.05, 0.1) is 0 Å². The number of carbonyl (C=O) groups excluding carboxylic acids is 1. The van der Waals surface area contributed by atoms with Crippen LogP contribution in [0.3, 0.4) is 0 Å². The van der Waals surface area contributed by atoms with Crippen molar-refractivity contribution < 1.29 is 4.79 Å². The second-order valence-corrected chi connectivity index (χ2v) is 7.20. The summed E-state index contributed by atoms with van der Waals surface area (Å²) in [5.41, 5.74) is 0.0721. The van der Waals surface area contributed by atoms with Gasteiger partial charge in [-0.15, -0.1) is 0 Å². The Morgan fingerprint density at radius 2 is 1.90 bits per heavy atom. The summed E-state index contributed by atoms with van der Waals surface area (Å²) >= 11 is 0. The van der Waals surface area contributed by atoms with Gasteiger partial charge >= 0.3 is 5.69 Å². The average molecular weight is 393 g/mol. The Hall–Kier alpha value is -3.47. The van der Waals surface area contributed by atoms with Crippen LogP contribution >= 0.6 is 0 Å². The molecule has 0 radical (unpaired) electrons. The number of ketones is 1. The molecule has 8 nitrogen and oxygen atoms in total. The molecule has 8 heteroatoms. The average Bonchev–Trinajstić information content (AvgIpc) is 3.12. The van der Waals surface area contributed by atoms with E-state index in [-0.39, 0.29) is 35.2 Å². The van der Waals surface area contributed by atoms with Gasteiger partial charge in [0.25, 0.3) is 5.56 Å². The third-order valence-electron chi connectivity index (χ3n) is 5.22. The maximum Gasteiger partial charge on any atom is 0.332 e. The lowest BCUT2D eigenvalue weighted by Crippen LogP contribution is -2.39. The fourth-order valence-corrected chi connectivity index (χ4v) is 3.35. The summed E-state index contributed by atoms with van der Waals surface area (Å²) in [5, 5.41) is 9.51. The molecule has 150 valence electrons. The molecule has 29 heavy (non-hydrogen) atoms. The van der Waals surface area contributed by atoms with Crippen molar-refractivity contribution >= 4 is 16.9 Å². The maximum atomic E-state index is 13.2. The van der Waals surface area contributed by atoms with Crippen LogP contribution in [0.5, 0.6) is 0 Å². The molecular formula is C21H23N5O3. The largest absolute Gasteiger partial charge is 0.332 e. The lowest BCUT2D eigenvalue weighted by atomic mass is 10.0. The second-order valence-electron chi connectivity index (χ2n) is 7.20. The number of benzene rings is 1. The van der Waals surface area contributed by atoms with E-state index in [0.29, 0.717) is 18.5 Å². The highest BCUT2D eigenvalue weighted by molar-refractivity contribution is 5.77. The van der Waals surface area contributed by atoms with E-state index in [4.69, 9.17) is 0 Å². The number of rotatable bonds is 7. The number of unbranched alkanes of at least 4 members (excludes halogenated alkanes) is 1. The fourth-order valence-electron chi connectivity index (χ4n) is 3.35. The van der Waals surface area contributed by atoms with Crippen LogP contribution in [0.4, 0.5) is 0 Å². The number of para-hydroxylation sites is 1. The molecule has 0 aliphatic heterocycles. The first kappa shape index (κ1) is 20.3. The van der Waals surface area contributed by atoms with Crippen LogP contribution in [-0.2, 0) is 18.4 Å². The highest BCUT2D eigenvalue weighted by atomic mass is 16.2. The number of nitriles is 1. The van der Waals surface area contributed by atoms with Gasteiger partial charge in [-0.3, -0.25) is 23.3 Å². The number of hydrogen-bond acceptors (Lipinski definition) is 5. The van der Waals surface area contributed by atoms with Gasteiger partial charge in [-0.05, 0) is 31.9 Å². The number of Topliss-reactive ketones (excluding diaryl/α,β-unsaturated/α-hetero) is 1. The molecule has 0 saturated heterocycles. The minimum absolute atomic E-state index is 0.0327. The van der Waals surface area contributed by atoms with E-state index in [1.54, 1.807) is 38.2 Å². The number of aryl methyl sites for hydroxylation is 1. The Morgan fingerprint density at radius 3 is 2.52 bits per heavy atom. The molecule has 3 rings (SSSR count). The van der Waals surface area contributed by atoms with E-state index in [1.165, 1.54) is 13.7 Å². The first-order valence-corrected chi connectivity index (χ1v) is 9.55. The van der Waals surface area contributed by atoms with Gasteiger partial charge in [-0.25, -0.2) is 4.79 Å². The van der Waals surface area contributed by atoms with Crippen molar-refractivity contribution in [2.45, 2.75) is 39.7 Å². The number of fused-ring (bicyclic) bond motifs is 1. The summed E-state index contributed by atoms with van der Waals surface area (Å²) in [5.74, 6) is 0.149. The number of carbonyl (C=O) groups is 1. The van der Waals surface area contributed by atoms with Gasteiger partial charge < -0.3 is 0 Å². The van der Waals surface area contributed by atoms with Gasteiger partial charge in [0.1, 0.15) is 11.9 Å². The van der Waals surface area contributed by atoms with Crippen LogP contribution in [0.2, 0.25) is 0 Å². The van der Waals surface area contributed by atoms with Crippen molar-refractivity contribution in [2.24, 2.45) is 13.0 Å². The van der Waals surface area contributed by atoms with Crippen molar-refractivity contribution in [3.8, 4) is 11.8 Å². The molecule has 0 saturated carbocycles. The first-order chi connectivity index (χ1) is 13.9. The van der Waals surface area contributed by atoms with Crippen LogP contribution in [0.15, 0.2) is 39.9 Å². The quantitative estimate of drug-likeness (QED) is 0.572. The van der Waals surface area contributed by atoms with Crippen LogP contribution in [0, 0.1) is 17.2 Å². The fraction of sp³-hybridized carbons (Fsp3) is 0.381. The number of imidazole rings is 1. The Balaban J connectivity index is 2.07. The topological polar surface area (TPSA) is 103 Å². The zero-order valence-electron chi connectivity index (χ0n) is 16.8. The molecule has 2 heterocycles. The van der Waals surface area contributed by atoms with Crippen molar-refractivity contribution in [2.75, 3.05) is 0 Å². The standard InChI is InChI=1S/C21H23N5O3/c1-14(15(2)27)9-7-8-12-25-20(28)18-19(24(3)21(25)29)23-17(13-22)26(18)16-10-5-4-6-11-16/h4-6,10-11,14H,7-9,12H2,1-3H3/t14-/m1/s1. The van der Waals surface area contributed by atoms with Gasteiger partial charge in [0, 0.05) is 25.2 Å². The van der Waals surface area contributed by atoms with E-state index >= 15 is 0 Å². The Labute approximate surface area is 167 Å². The summed E-state index contributed by atoms with van der Waals surface area (Å²) in [7, 11) is 1.54. The van der Waals surface area contributed by atoms with Crippen LogP contribution in [-0.4, -0.2) is 24.5 Å². The van der Waals surface area contributed by atoms with E-state index in [9.17, 15) is 19.6 Å². The molecule has 2 aromatic heterocycles. The molecule has 0 aliphatic carbocycles.